The molecule has 1 heterocycles. The Morgan fingerprint density at radius 3 is 2.48 bits per heavy atom. The summed E-state index contributed by atoms with van der Waals surface area (Å²) in [5.41, 5.74) is 3.20. The average Bonchev–Trinajstić information content (AvgIpc) is 2.84. The SMILES string of the molecule is COC(=O)c1cccc(C#Cc2cccc(NC(=O)Cn3c(=O)cnc4ccccc43)c2)c1. The minimum atomic E-state index is -0.426. The summed E-state index contributed by atoms with van der Waals surface area (Å²) >= 11 is 0. The molecule has 0 saturated carbocycles. The summed E-state index contributed by atoms with van der Waals surface area (Å²) in [6.07, 6.45) is 1.21. The highest BCUT2D eigenvalue weighted by molar-refractivity contribution is 5.92. The van der Waals surface area contributed by atoms with E-state index in [1.54, 1.807) is 60.7 Å². The molecule has 7 nitrogen and oxygen atoms in total. The Balaban J connectivity index is 1.50. The van der Waals surface area contributed by atoms with Crippen LogP contribution in [0, 0.1) is 11.8 Å². The monoisotopic (exact) mass is 437 g/mol. The summed E-state index contributed by atoms with van der Waals surface area (Å²) in [6, 6.07) is 21.1. The van der Waals surface area contributed by atoms with Crippen molar-refractivity contribution in [2.45, 2.75) is 6.54 Å². The smallest absolute Gasteiger partial charge is 0.337 e. The second-order valence-electron chi connectivity index (χ2n) is 7.12. The lowest BCUT2D eigenvalue weighted by Crippen LogP contribution is -2.28. The molecule has 0 spiro atoms. The van der Waals surface area contributed by atoms with Crippen LogP contribution in [0.25, 0.3) is 11.0 Å². The number of aromatic nitrogens is 2. The average molecular weight is 437 g/mol. The molecule has 0 aliphatic carbocycles. The third-order valence-corrected chi connectivity index (χ3v) is 4.84. The second kappa shape index (κ2) is 9.62. The van der Waals surface area contributed by atoms with Crippen molar-refractivity contribution in [2.24, 2.45) is 0 Å². The van der Waals surface area contributed by atoms with Crippen LogP contribution in [0.15, 0.2) is 83.8 Å². The number of hydrogen-bond donors (Lipinski definition) is 1. The molecule has 0 radical (unpaired) electrons. The van der Waals surface area contributed by atoms with Crippen molar-refractivity contribution < 1.29 is 14.3 Å². The number of esters is 1. The van der Waals surface area contributed by atoms with Gasteiger partial charge in [-0.1, -0.05) is 36.1 Å². The van der Waals surface area contributed by atoms with Crippen LogP contribution in [-0.2, 0) is 16.1 Å². The molecule has 33 heavy (non-hydrogen) atoms. The Labute approximate surface area is 189 Å². The standard InChI is InChI=1S/C26H19N3O4/c1-33-26(32)20-8-4-6-18(14-20)12-13-19-7-5-9-21(15-19)28-24(30)17-29-23-11-3-2-10-22(23)27-16-25(29)31/h2-11,14-16H,17H2,1H3,(H,28,30). The fourth-order valence-corrected chi connectivity index (χ4v) is 3.28. The number of fused-ring (bicyclic) bond motifs is 1. The molecule has 7 heteroatoms. The Kier molecular flexibility index (Phi) is 6.28. The first-order chi connectivity index (χ1) is 16.0. The van der Waals surface area contributed by atoms with Gasteiger partial charge in [0.15, 0.2) is 0 Å². The predicted molar refractivity (Wildman–Crippen MR) is 125 cm³/mol. The van der Waals surface area contributed by atoms with Gasteiger partial charge in [0.25, 0.3) is 5.56 Å². The van der Waals surface area contributed by atoms with Crippen LogP contribution in [-0.4, -0.2) is 28.5 Å². The third kappa shape index (κ3) is 5.14. The topological polar surface area (TPSA) is 90.3 Å². The van der Waals surface area contributed by atoms with Gasteiger partial charge in [0, 0.05) is 16.8 Å². The molecule has 1 N–H and O–H groups in total. The van der Waals surface area contributed by atoms with Gasteiger partial charge in [-0.2, -0.15) is 0 Å². The highest BCUT2D eigenvalue weighted by Gasteiger charge is 2.09. The quantitative estimate of drug-likeness (QED) is 0.391. The zero-order chi connectivity index (χ0) is 23.2. The van der Waals surface area contributed by atoms with E-state index in [9.17, 15) is 14.4 Å². The number of hydrogen-bond acceptors (Lipinski definition) is 5. The maximum Gasteiger partial charge on any atom is 0.337 e. The maximum atomic E-state index is 12.6. The Hall–Kier alpha value is -4.70. The van der Waals surface area contributed by atoms with E-state index >= 15 is 0 Å². The minimum absolute atomic E-state index is 0.141. The number of methoxy groups -OCH3 is 1. The van der Waals surface area contributed by atoms with Crippen LogP contribution in [0.1, 0.15) is 21.5 Å². The molecule has 1 aromatic heterocycles. The molecule has 0 bridgehead atoms. The van der Waals surface area contributed by atoms with Gasteiger partial charge in [-0.15, -0.1) is 0 Å². The number of ether oxygens (including phenoxy) is 1. The molecule has 0 unspecified atom stereocenters. The van der Waals surface area contributed by atoms with Crippen LogP contribution in [0.2, 0.25) is 0 Å². The Morgan fingerprint density at radius 1 is 0.970 bits per heavy atom. The van der Waals surface area contributed by atoms with E-state index in [2.05, 4.69) is 22.1 Å². The Morgan fingerprint density at radius 2 is 1.70 bits per heavy atom. The summed E-state index contributed by atoms with van der Waals surface area (Å²) < 4.78 is 6.11. The van der Waals surface area contributed by atoms with E-state index in [-0.39, 0.29) is 18.0 Å². The molecule has 0 aliphatic rings. The van der Waals surface area contributed by atoms with Crippen molar-refractivity contribution in [3.63, 3.8) is 0 Å². The maximum absolute atomic E-state index is 12.6. The van der Waals surface area contributed by atoms with E-state index in [0.717, 1.165) is 0 Å². The number of carbonyl (C=O) groups excluding carboxylic acids is 2. The molecule has 4 rings (SSSR count). The number of rotatable bonds is 4. The van der Waals surface area contributed by atoms with Gasteiger partial charge in [0.05, 0.1) is 29.9 Å². The van der Waals surface area contributed by atoms with Gasteiger partial charge in [0.2, 0.25) is 5.91 Å². The largest absolute Gasteiger partial charge is 0.465 e. The molecule has 0 fully saturated rings. The lowest BCUT2D eigenvalue weighted by atomic mass is 10.1. The highest BCUT2D eigenvalue weighted by atomic mass is 16.5. The number of nitrogens with one attached hydrogen (secondary N) is 1. The minimum Gasteiger partial charge on any atom is -0.465 e. The van der Waals surface area contributed by atoms with Crippen molar-refractivity contribution in [3.05, 3.63) is 106 Å². The van der Waals surface area contributed by atoms with Gasteiger partial charge in [-0.25, -0.2) is 9.78 Å². The van der Waals surface area contributed by atoms with Gasteiger partial charge in [0.1, 0.15) is 6.54 Å². The molecule has 3 aromatic carbocycles. The first-order valence-corrected chi connectivity index (χ1v) is 10.1. The number of anilines is 1. The Bertz CT molecular complexity index is 1480. The molecule has 1 amide bonds. The van der Waals surface area contributed by atoms with Crippen molar-refractivity contribution in [1.82, 2.24) is 9.55 Å². The normalized spacial score (nSPS) is 10.2. The van der Waals surface area contributed by atoms with Crippen molar-refractivity contribution in [1.29, 1.82) is 0 Å². The van der Waals surface area contributed by atoms with Crippen LogP contribution in [0.3, 0.4) is 0 Å². The van der Waals surface area contributed by atoms with E-state index in [1.807, 2.05) is 12.1 Å². The van der Waals surface area contributed by atoms with Crippen LogP contribution in [0.4, 0.5) is 5.69 Å². The van der Waals surface area contributed by atoms with E-state index in [4.69, 9.17) is 4.74 Å². The van der Waals surface area contributed by atoms with Crippen molar-refractivity contribution in [3.8, 4) is 11.8 Å². The number of benzene rings is 3. The molecular formula is C26H19N3O4. The molecule has 162 valence electrons. The van der Waals surface area contributed by atoms with Gasteiger partial charge in [-0.05, 0) is 48.5 Å². The first kappa shape index (κ1) is 21.5. The molecule has 0 atom stereocenters. The number of para-hydroxylation sites is 2. The summed E-state index contributed by atoms with van der Waals surface area (Å²) in [5.74, 6) is 5.26. The van der Waals surface area contributed by atoms with E-state index < -0.39 is 5.97 Å². The lowest BCUT2D eigenvalue weighted by Gasteiger charge is -2.10. The van der Waals surface area contributed by atoms with Crippen LogP contribution < -0.4 is 10.9 Å². The highest BCUT2D eigenvalue weighted by Crippen LogP contribution is 2.12. The summed E-state index contributed by atoms with van der Waals surface area (Å²) in [6.45, 7) is -0.141. The molecular weight excluding hydrogens is 418 g/mol. The number of amides is 1. The van der Waals surface area contributed by atoms with E-state index in [1.165, 1.54) is 17.9 Å². The lowest BCUT2D eigenvalue weighted by molar-refractivity contribution is -0.116. The van der Waals surface area contributed by atoms with Crippen molar-refractivity contribution >= 4 is 28.6 Å². The summed E-state index contributed by atoms with van der Waals surface area (Å²) in [4.78, 5) is 40.7. The third-order valence-electron chi connectivity index (χ3n) is 4.84. The number of nitrogens with zero attached hydrogens (tertiary/aromatic N) is 2. The van der Waals surface area contributed by atoms with Crippen LogP contribution in [0.5, 0.6) is 0 Å². The fraction of sp³-hybridized carbons (Fsp3) is 0.0769. The van der Waals surface area contributed by atoms with Gasteiger partial charge >= 0.3 is 5.97 Å². The zero-order valence-corrected chi connectivity index (χ0v) is 17.7. The van der Waals surface area contributed by atoms with Gasteiger partial charge < -0.3 is 10.1 Å². The molecule has 4 aromatic rings. The summed E-state index contributed by atoms with van der Waals surface area (Å²) in [5, 5.41) is 2.80. The van der Waals surface area contributed by atoms with E-state index in [0.29, 0.717) is 33.4 Å². The van der Waals surface area contributed by atoms with Crippen molar-refractivity contribution in [2.75, 3.05) is 12.4 Å². The van der Waals surface area contributed by atoms with Gasteiger partial charge in [-0.3, -0.25) is 14.2 Å². The zero-order valence-electron chi connectivity index (χ0n) is 17.7. The summed E-state index contributed by atoms with van der Waals surface area (Å²) in [7, 11) is 1.33. The second-order valence-corrected chi connectivity index (χ2v) is 7.12. The molecule has 0 saturated heterocycles. The predicted octanol–water partition coefficient (Wildman–Crippen LogP) is 3.22. The molecule has 0 aliphatic heterocycles. The van der Waals surface area contributed by atoms with Crippen LogP contribution >= 0.6 is 0 Å². The number of carbonyl (C=O) groups is 2. The fourth-order valence-electron chi connectivity index (χ4n) is 3.28. The first-order valence-electron chi connectivity index (χ1n) is 10.1.